The first-order valence-corrected chi connectivity index (χ1v) is 8.07. The van der Waals surface area contributed by atoms with Crippen molar-refractivity contribution < 1.29 is 9.13 Å². The van der Waals surface area contributed by atoms with Gasteiger partial charge in [0.15, 0.2) is 11.5 Å². The van der Waals surface area contributed by atoms with Gasteiger partial charge < -0.3 is 10.5 Å². The van der Waals surface area contributed by atoms with Crippen LogP contribution in [0.25, 0.3) is 27.5 Å². The number of rotatable bonds is 3. The Morgan fingerprint density at radius 1 is 1.12 bits per heavy atom. The van der Waals surface area contributed by atoms with Crippen LogP contribution in [0.15, 0.2) is 47.8 Å². The van der Waals surface area contributed by atoms with Crippen molar-refractivity contribution in [2.45, 2.75) is 0 Å². The number of pyridine rings is 1. The highest BCUT2D eigenvalue weighted by Crippen LogP contribution is 2.30. The van der Waals surface area contributed by atoms with Crippen LogP contribution in [0.1, 0.15) is 0 Å². The summed E-state index contributed by atoms with van der Waals surface area (Å²) in [4.78, 5) is 5.45. The summed E-state index contributed by atoms with van der Waals surface area (Å²) >= 11 is 1.50. The first kappa shape index (κ1) is 14.6. The molecule has 1 aromatic carbocycles. The molecule has 120 valence electrons. The van der Waals surface area contributed by atoms with E-state index in [9.17, 15) is 4.39 Å². The molecule has 4 rings (SSSR count). The summed E-state index contributed by atoms with van der Waals surface area (Å²) < 4.78 is 19.9. The fourth-order valence-corrected chi connectivity index (χ4v) is 3.25. The minimum atomic E-state index is -0.274. The van der Waals surface area contributed by atoms with Gasteiger partial charge in [-0.2, -0.15) is 4.52 Å². The molecule has 7 heteroatoms. The van der Waals surface area contributed by atoms with Gasteiger partial charge in [-0.25, -0.2) is 9.37 Å². The van der Waals surface area contributed by atoms with Gasteiger partial charge in [-0.1, -0.05) is 12.1 Å². The monoisotopic (exact) mass is 340 g/mol. The Balaban J connectivity index is 1.81. The molecule has 2 N–H and O–H groups in total. The van der Waals surface area contributed by atoms with Crippen molar-refractivity contribution in [2.75, 3.05) is 12.8 Å². The van der Waals surface area contributed by atoms with Crippen LogP contribution < -0.4 is 10.5 Å². The van der Waals surface area contributed by atoms with Crippen LogP contribution in [-0.4, -0.2) is 21.7 Å². The van der Waals surface area contributed by atoms with Gasteiger partial charge in [0.1, 0.15) is 17.4 Å². The number of anilines is 1. The Hall–Kier alpha value is -2.93. The summed E-state index contributed by atoms with van der Waals surface area (Å²) in [5.41, 5.74) is 8.48. The third-order valence-corrected chi connectivity index (χ3v) is 4.58. The molecule has 4 aromatic rings. The van der Waals surface area contributed by atoms with E-state index in [-0.39, 0.29) is 5.82 Å². The number of hydrogen-bond donors (Lipinski definition) is 1. The van der Waals surface area contributed by atoms with Gasteiger partial charge in [0.2, 0.25) is 0 Å². The number of nitrogens with zero attached hydrogens (tertiary/aromatic N) is 3. The van der Waals surface area contributed by atoms with E-state index in [1.807, 2.05) is 17.5 Å². The van der Waals surface area contributed by atoms with Crippen LogP contribution in [0.2, 0.25) is 0 Å². The lowest BCUT2D eigenvalue weighted by atomic mass is 10.1. The molecule has 0 aliphatic heterocycles. The van der Waals surface area contributed by atoms with E-state index in [0.717, 1.165) is 21.8 Å². The molecular formula is C17H13FN4OS. The van der Waals surface area contributed by atoms with Crippen LogP contribution in [-0.2, 0) is 0 Å². The van der Waals surface area contributed by atoms with Crippen molar-refractivity contribution in [3.63, 3.8) is 0 Å². The summed E-state index contributed by atoms with van der Waals surface area (Å²) in [5.74, 6) is 1.55. The second kappa shape index (κ2) is 5.61. The number of ether oxygens (including phenoxy) is 1. The van der Waals surface area contributed by atoms with Crippen LogP contribution in [0.5, 0.6) is 5.75 Å². The Labute approximate surface area is 141 Å². The van der Waals surface area contributed by atoms with Crippen molar-refractivity contribution in [2.24, 2.45) is 0 Å². The highest BCUT2D eigenvalue weighted by molar-refractivity contribution is 7.13. The maximum Gasteiger partial charge on any atom is 0.192 e. The molecule has 0 aliphatic rings. The van der Waals surface area contributed by atoms with E-state index in [2.05, 4.69) is 10.1 Å². The Kier molecular flexibility index (Phi) is 3.42. The standard InChI is InChI=1S/C17H13FN4OS/c1-23-13-8-14(24-9-13)17-20-16-7-11(6-15(19)22(16)21-17)10-2-4-12(18)5-3-10/h2-9H,19H2,1H3. The second-order valence-corrected chi connectivity index (χ2v) is 6.14. The van der Waals surface area contributed by atoms with Gasteiger partial charge in [-0.3, -0.25) is 0 Å². The molecule has 24 heavy (non-hydrogen) atoms. The van der Waals surface area contributed by atoms with Crippen LogP contribution >= 0.6 is 11.3 Å². The van der Waals surface area contributed by atoms with Gasteiger partial charge in [0.25, 0.3) is 0 Å². The normalized spacial score (nSPS) is 11.1. The first-order chi connectivity index (χ1) is 11.6. The number of nitrogen functional groups attached to an aromatic ring is 1. The third kappa shape index (κ3) is 2.48. The number of aromatic nitrogens is 3. The molecule has 0 aliphatic carbocycles. The average Bonchev–Trinajstić information content (AvgIpc) is 3.22. The minimum absolute atomic E-state index is 0.274. The molecule has 0 atom stereocenters. The molecule has 5 nitrogen and oxygen atoms in total. The highest BCUT2D eigenvalue weighted by atomic mass is 32.1. The minimum Gasteiger partial charge on any atom is -0.496 e. The molecule has 0 spiro atoms. The van der Waals surface area contributed by atoms with E-state index in [1.165, 1.54) is 23.5 Å². The van der Waals surface area contributed by atoms with E-state index in [0.29, 0.717) is 17.3 Å². The Morgan fingerprint density at radius 2 is 1.92 bits per heavy atom. The zero-order valence-electron chi connectivity index (χ0n) is 12.7. The molecular weight excluding hydrogens is 327 g/mol. The Bertz CT molecular complexity index is 1020. The summed E-state index contributed by atoms with van der Waals surface area (Å²) in [6, 6.07) is 11.8. The molecule has 0 amide bonds. The maximum atomic E-state index is 13.1. The van der Waals surface area contributed by atoms with Gasteiger partial charge in [0, 0.05) is 11.4 Å². The van der Waals surface area contributed by atoms with Gasteiger partial charge in [0.05, 0.1) is 12.0 Å². The zero-order chi connectivity index (χ0) is 16.7. The van der Waals surface area contributed by atoms with E-state index in [4.69, 9.17) is 10.5 Å². The van der Waals surface area contributed by atoms with E-state index >= 15 is 0 Å². The van der Waals surface area contributed by atoms with Gasteiger partial charge >= 0.3 is 0 Å². The lowest BCUT2D eigenvalue weighted by Crippen LogP contribution is -1.99. The number of thiophene rings is 1. The lowest BCUT2D eigenvalue weighted by Gasteiger charge is -2.04. The average molecular weight is 340 g/mol. The topological polar surface area (TPSA) is 65.4 Å². The Morgan fingerprint density at radius 3 is 2.62 bits per heavy atom. The number of nitrogens with two attached hydrogens (primary N) is 1. The predicted octanol–water partition coefficient (Wildman–Crippen LogP) is 3.85. The fraction of sp³-hybridized carbons (Fsp3) is 0.0588. The van der Waals surface area contributed by atoms with Crippen LogP contribution in [0.4, 0.5) is 10.2 Å². The number of halogens is 1. The van der Waals surface area contributed by atoms with E-state index < -0.39 is 0 Å². The van der Waals surface area contributed by atoms with Crippen molar-refractivity contribution in [3.8, 4) is 27.6 Å². The number of methoxy groups -OCH3 is 1. The molecule has 0 saturated heterocycles. The van der Waals surface area contributed by atoms with Crippen molar-refractivity contribution in [1.82, 2.24) is 14.6 Å². The molecule has 0 bridgehead atoms. The lowest BCUT2D eigenvalue weighted by molar-refractivity contribution is 0.417. The van der Waals surface area contributed by atoms with Gasteiger partial charge in [-0.05, 0) is 35.4 Å². The molecule has 3 heterocycles. The molecule has 3 aromatic heterocycles. The molecule has 0 unspecified atom stereocenters. The predicted molar refractivity (Wildman–Crippen MR) is 92.7 cm³/mol. The van der Waals surface area contributed by atoms with E-state index in [1.54, 1.807) is 29.8 Å². The van der Waals surface area contributed by atoms with Crippen LogP contribution in [0, 0.1) is 5.82 Å². The second-order valence-electron chi connectivity index (χ2n) is 5.23. The number of fused-ring (bicyclic) bond motifs is 1. The largest absolute Gasteiger partial charge is 0.496 e. The fourth-order valence-electron chi connectivity index (χ4n) is 2.47. The summed E-state index contributed by atoms with van der Waals surface area (Å²) in [5, 5.41) is 6.35. The summed E-state index contributed by atoms with van der Waals surface area (Å²) in [6.07, 6.45) is 0. The SMILES string of the molecule is COc1csc(-c2nc3cc(-c4ccc(F)cc4)cc(N)n3n2)c1. The third-order valence-electron chi connectivity index (χ3n) is 3.67. The highest BCUT2D eigenvalue weighted by Gasteiger charge is 2.12. The van der Waals surface area contributed by atoms with Crippen molar-refractivity contribution >= 4 is 22.8 Å². The van der Waals surface area contributed by atoms with Crippen molar-refractivity contribution in [3.05, 3.63) is 53.7 Å². The summed E-state index contributed by atoms with van der Waals surface area (Å²) in [7, 11) is 1.62. The smallest absolute Gasteiger partial charge is 0.192 e. The van der Waals surface area contributed by atoms with Crippen LogP contribution in [0.3, 0.4) is 0 Å². The van der Waals surface area contributed by atoms with Crippen molar-refractivity contribution in [1.29, 1.82) is 0 Å². The number of hydrogen-bond acceptors (Lipinski definition) is 5. The quantitative estimate of drug-likeness (QED) is 0.615. The molecule has 0 radical (unpaired) electrons. The molecule has 0 saturated carbocycles. The van der Waals surface area contributed by atoms with Gasteiger partial charge in [-0.15, -0.1) is 16.4 Å². The molecule has 0 fully saturated rings. The maximum absolute atomic E-state index is 13.1. The number of benzene rings is 1. The zero-order valence-corrected chi connectivity index (χ0v) is 13.5. The first-order valence-electron chi connectivity index (χ1n) is 7.19. The summed E-state index contributed by atoms with van der Waals surface area (Å²) in [6.45, 7) is 0.